The Kier molecular flexibility index (Phi) is 6.07. The highest BCUT2D eigenvalue weighted by atomic mass is 16.5. The second-order valence-electron chi connectivity index (χ2n) is 8.48. The van der Waals surface area contributed by atoms with E-state index in [4.69, 9.17) is 4.74 Å². The highest BCUT2D eigenvalue weighted by Crippen LogP contribution is 2.29. The number of fused-ring (bicyclic) bond motifs is 1. The summed E-state index contributed by atoms with van der Waals surface area (Å²) < 4.78 is 7.84. The van der Waals surface area contributed by atoms with E-state index in [-0.39, 0.29) is 11.9 Å². The average Bonchev–Trinajstić information content (AvgIpc) is 3.24. The van der Waals surface area contributed by atoms with Crippen molar-refractivity contribution in [2.75, 3.05) is 7.11 Å². The molecule has 0 atom stereocenters. The van der Waals surface area contributed by atoms with Crippen LogP contribution in [0, 0.1) is 0 Å². The first-order valence-corrected chi connectivity index (χ1v) is 11.0. The molecule has 5 nitrogen and oxygen atoms in total. The molecular formula is C25H31N3O2. The monoisotopic (exact) mass is 405 g/mol. The van der Waals surface area contributed by atoms with Crippen molar-refractivity contribution in [2.24, 2.45) is 0 Å². The quantitative estimate of drug-likeness (QED) is 0.564. The molecule has 2 heterocycles. The summed E-state index contributed by atoms with van der Waals surface area (Å²) in [4.78, 5) is 19.9. The average molecular weight is 406 g/mol. The minimum atomic E-state index is 0.108. The third-order valence-electron chi connectivity index (χ3n) is 6.17. The van der Waals surface area contributed by atoms with Gasteiger partial charge in [-0.1, -0.05) is 25.3 Å². The lowest BCUT2D eigenvalue weighted by Gasteiger charge is -2.37. The van der Waals surface area contributed by atoms with Crippen LogP contribution in [0.15, 0.2) is 48.8 Å². The van der Waals surface area contributed by atoms with Gasteiger partial charge in [-0.3, -0.25) is 9.78 Å². The van der Waals surface area contributed by atoms with Crippen molar-refractivity contribution in [1.82, 2.24) is 14.5 Å². The standard InChI is InChI=1S/C25H31N3O2/c1-18(2)28(21-8-5-4-6-9-21)25(29)19-11-12-20(24(16-19)30-3)17-27-15-7-10-22-23(27)13-14-26-22/h7,10-16,18,21H,4-6,8-9,17H2,1-3H3. The Labute approximate surface area is 179 Å². The summed E-state index contributed by atoms with van der Waals surface area (Å²) in [6.45, 7) is 4.89. The van der Waals surface area contributed by atoms with E-state index in [2.05, 4.69) is 28.3 Å². The van der Waals surface area contributed by atoms with Crippen molar-refractivity contribution in [2.45, 2.75) is 64.6 Å². The molecule has 0 unspecified atom stereocenters. The number of nitrogens with zero attached hydrogens (tertiary/aromatic N) is 3. The van der Waals surface area contributed by atoms with Crippen LogP contribution in [0.2, 0.25) is 0 Å². The van der Waals surface area contributed by atoms with Crippen molar-refractivity contribution in [3.8, 4) is 17.1 Å². The molecule has 1 saturated carbocycles. The Bertz CT molecular complexity index is 972. The number of methoxy groups -OCH3 is 1. The Morgan fingerprint density at radius 3 is 2.73 bits per heavy atom. The summed E-state index contributed by atoms with van der Waals surface area (Å²) in [7, 11) is 1.67. The molecule has 1 aliphatic carbocycles. The maximum atomic E-state index is 13.4. The molecular weight excluding hydrogens is 374 g/mol. The van der Waals surface area contributed by atoms with E-state index in [0.29, 0.717) is 18.2 Å². The Hall–Kier alpha value is -2.82. The second-order valence-corrected chi connectivity index (χ2v) is 8.48. The number of rotatable bonds is 6. The predicted octanol–water partition coefficient (Wildman–Crippen LogP) is 5.23. The van der Waals surface area contributed by atoms with Gasteiger partial charge in [0.25, 0.3) is 5.91 Å². The minimum absolute atomic E-state index is 0.108. The Morgan fingerprint density at radius 2 is 2.00 bits per heavy atom. The van der Waals surface area contributed by atoms with Gasteiger partial charge < -0.3 is 14.2 Å². The number of ether oxygens (including phenoxy) is 1. The lowest BCUT2D eigenvalue weighted by molar-refractivity contribution is 0.0555. The van der Waals surface area contributed by atoms with E-state index in [9.17, 15) is 4.79 Å². The largest absolute Gasteiger partial charge is 0.496 e. The SMILES string of the molecule is COc1cc(C(=O)N(C(C)C)C2CCCCC2)ccc1Cn1cccc2nccc1-2. The van der Waals surface area contributed by atoms with Gasteiger partial charge in [-0.15, -0.1) is 0 Å². The van der Waals surface area contributed by atoms with Crippen LogP contribution in [0.5, 0.6) is 5.75 Å². The lowest BCUT2D eigenvalue weighted by atomic mass is 9.92. The van der Waals surface area contributed by atoms with Crippen LogP contribution >= 0.6 is 0 Å². The normalized spacial score (nSPS) is 14.9. The zero-order valence-corrected chi connectivity index (χ0v) is 18.2. The zero-order valence-electron chi connectivity index (χ0n) is 18.2. The maximum absolute atomic E-state index is 13.4. The van der Waals surface area contributed by atoms with Crippen LogP contribution < -0.4 is 4.74 Å². The molecule has 3 aliphatic rings. The van der Waals surface area contributed by atoms with Crippen molar-refractivity contribution < 1.29 is 9.53 Å². The van der Waals surface area contributed by atoms with E-state index in [1.54, 1.807) is 7.11 Å². The molecule has 4 rings (SSSR count). The Morgan fingerprint density at radius 1 is 1.20 bits per heavy atom. The summed E-state index contributed by atoms with van der Waals surface area (Å²) in [5, 5.41) is 0. The smallest absolute Gasteiger partial charge is 0.254 e. The molecule has 0 N–H and O–H groups in total. The molecule has 158 valence electrons. The number of benzene rings is 1. The maximum Gasteiger partial charge on any atom is 0.254 e. The summed E-state index contributed by atoms with van der Waals surface area (Å²) in [5.74, 6) is 0.856. The highest BCUT2D eigenvalue weighted by molar-refractivity contribution is 5.95. The van der Waals surface area contributed by atoms with E-state index >= 15 is 0 Å². The number of amides is 1. The second kappa shape index (κ2) is 8.90. The molecule has 0 bridgehead atoms. The van der Waals surface area contributed by atoms with Crippen LogP contribution in [0.1, 0.15) is 61.9 Å². The van der Waals surface area contributed by atoms with Gasteiger partial charge in [-0.25, -0.2) is 0 Å². The third kappa shape index (κ3) is 4.07. The lowest BCUT2D eigenvalue weighted by Crippen LogP contribution is -2.45. The van der Waals surface area contributed by atoms with Crippen molar-refractivity contribution in [1.29, 1.82) is 0 Å². The molecule has 1 fully saturated rings. The van der Waals surface area contributed by atoms with Crippen LogP contribution in [0.25, 0.3) is 11.4 Å². The number of pyridine rings is 1. The molecule has 30 heavy (non-hydrogen) atoms. The highest BCUT2D eigenvalue weighted by Gasteiger charge is 2.28. The third-order valence-corrected chi connectivity index (χ3v) is 6.17. The first-order chi connectivity index (χ1) is 14.6. The van der Waals surface area contributed by atoms with E-state index in [0.717, 1.165) is 35.5 Å². The molecule has 2 aliphatic heterocycles. The molecule has 0 saturated heterocycles. The fraction of sp³-hybridized carbons (Fsp3) is 0.440. The van der Waals surface area contributed by atoms with Gasteiger partial charge in [-0.2, -0.15) is 0 Å². The van der Waals surface area contributed by atoms with E-state index in [1.807, 2.05) is 48.8 Å². The van der Waals surface area contributed by atoms with Crippen LogP contribution in [-0.2, 0) is 6.54 Å². The van der Waals surface area contributed by atoms with Crippen molar-refractivity contribution in [3.63, 3.8) is 0 Å². The molecule has 1 aromatic carbocycles. The molecule has 5 heteroatoms. The fourth-order valence-corrected chi connectivity index (χ4v) is 4.69. The predicted molar refractivity (Wildman–Crippen MR) is 119 cm³/mol. The van der Waals surface area contributed by atoms with Crippen molar-refractivity contribution >= 4 is 5.91 Å². The van der Waals surface area contributed by atoms with Crippen LogP contribution in [0.4, 0.5) is 0 Å². The van der Waals surface area contributed by atoms with Gasteiger partial charge in [0, 0.05) is 35.6 Å². The summed E-state index contributed by atoms with van der Waals surface area (Å²) in [5.41, 5.74) is 3.81. The minimum Gasteiger partial charge on any atom is -0.496 e. The number of aromatic nitrogens is 2. The van der Waals surface area contributed by atoms with Crippen molar-refractivity contribution in [3.05, 3.63) is 59.9 Å². The first kappa shape index (κ1) is 20.5. The number of carbonyl (C=O) groups excluding carboxylic acids is 1. The van der Waals surface area contributed by atoms with Gasteiger partial charge in [0.2, 0.25) is 0 Å². The summed E-state index contributed by atoms with van der Waals surface area (Å²) in [6, 6.07) is 12.4. The zero-order chi connectivity index (χ0) is 21.1. The molecule has 0 aromatic heterocycles. The number of carbonyl (C=O) groups is 1. The number of hydrogen-bond donors (Lipinski definition) is 0. The van der Waals surface area contributed by atoms with Gasteiger partial charge in [-0.05, 0) is 57.0 Å². The van der Waals surface area contributed by atoms with Gasteiger partial charge in [0.15, 0.2) is 0 Å². The molecule has 0 spiro atoms. The van der Waals surface area contributed by atoms with Gasteiger partial charge in [0.05, 0.1) is 25.0 Å². The van der Waals surface area contributed by atoms with E-state index < -0.39 is 0 Å². The fourth-order valence-electron chi connectivity index (χ4n) is 4.69. The molecule has 1 amide bonds. The van der Waals surface area contributed by atoms with Gasteiger partial charge in [0.1, 0.15) is 5.75 Å². The van der Waals surface area contributed by atoms with Crippen LogP contribution in [0.3, 0.4) is 0 Å². The summed E-state index contributed by atoms with van der Waals surface area (Å²) >= 11 is 0. The topological polar surface area (TPSA) is 47.4 Å². The van der Waals surface area contributed by atoms with E-state index in [1.165, 1.54) is 19.3 Å². The first-order valence-electron chi connectivity index (χ1n) is 11.0. The number of hydrogen-bond acceptors (Lipinski definition) is 3. The summed E-state index contributed by atoms with van der Waals surface area (Å²) in [6.07, 6.45) is 9.78. The van der Waals surface area contributed by atoms with Crippen LogP contribution in [-0.4, -0.2) is 39.6 Å². The Balaban J connectivity index is 1.60. The molecule has 0 radical (unpaired) electrons. The molecule has 1 aromatic rings. The van der Waals surface area contributed by atoms with Gasteiger partial charge >= 0.3 is 0 Å².